The maximum Gasteiger partial charge on any atom is 0.416 e. The second-order valence-electron chi connectivity index (χ2n) is 8.63. The number of benzene rings is 2. The van der Waals surface area contributed by atoms with Gasteiger partial charge in [-0.25, -0.2) is 9.59 Å². The minimum absolute atomic E-state index is 0.222. The van der Waals surface area contributed by atoms with E-state index in [9.17, 15) is 18.3 Å². The number of thioether (sulfide) groups is 1. The van der Waals surface area contributed by atoms with Crippen LogP contribution in [0.2, 0.25) is 0 Å². The van der Waals surface area contributed by atoms with Gasteiger partial charge in [-0.15, -0.1) is 11.8 Å². The molecule has 2 aliphatic rings. The number of carboxylic acid groups (broad SMARTS) is 2. The molecule has 0 bridgehead atoms. The topological polar surface area (TPSA) is 111 Å². The number of nitrogens with zero attached hydrogens (tertiary/aromatic N) is 2. The quantitative estimate of drug-likeness (QED) is 0.473. The smallest absolute Gasteiger partial charge is 0.416 e. The maximum atomic E-state index is 13.0. The van der Waals surface area contributed by atoms with E-state index in [1.165, 1.54) is 29.0 Å². The number of piperazine rings is 1. The van der Waals surface area contributed by atoms with E-state index in [2.05, 4.69) is 17.0 Å². The van der Waals surface area contributed by atoms with Gasteiger partial charge < -0.3 is 25.0 Å². The van der Waals surface area contributed by atoms with Gasteiger partial charge in [-0.05, 0) is 60.6 Å². The maximum absolute atomic E-state index is 13.0. The second-order valence-corrected chi connectivity index (χ2v) is 9.77. The first-order valence-electron chi connectivity index (χ1n) is 11.7. The first-order valence-corrected chi connectivity index (χ1v) is 12.7. The van der Waals surface area contributed by atoms with Gasteiger partial charge in [0.25, 0.3) is 0 Å². The van der Waals surface area contributed by atoms with Gasteiger partial charge in [0.2, 0.25) is 0 Å². The molecular weight excluding hydrogens is 513 g/mol. The summed E-state index contributed by atoms with van der Waals surface area (Å²) in [7, 11) is 0. The van der Waals surface area contributed by atoms with Gasteiger partial charge in [0.05, 0.1) is 5.56 Å². The number of aliphatic hydroxyl groups excluding tert-OH is 1. The Balaban J connectivity index is 0.000000568. The molecule has 1 atom stereocenters. The van der Waals surface area contributed by atoms with Crippen molar-refractivity contribution < 1.29 is 42.8 Å². The molecule has 2 aromatic rings. The number of hydrogen-bond donors (Lipinski definition) is 3. The van der Waals surface area contributed by atoms with E-state index in [0.717, 1.165) is 24.0 Å². The van der Waals surface area contributed by atoms with Crippen molar-refractivity contribution >= 4 is 29.4 Å². The van der Waals surface area contributed by atoms with Crippen LogP contribution in [-0.2, 0) is 22.2 Å². The first-order chi connectivity index (χ1) is 17.5. The van der Waals surface area contributed by atoms with Crippen molar-refractivity contribution in [1.29, 1.82) is 0 Å². The van der Waals surface area contributed by atoms with Crippen LogP contribution >= 0.6 is 11.8 Å². The molecule has 0 aliphatic carbocycles. The third kappa shape index (κ3) is 8.83. The number of aliphatic carboxylic acids is 2. The van der Waals surface area contributed by atoms with E-state index in [-0.39, 0.29) is 6.61 Å². The predicted molar refractivity (Wildman–Crippen MR) is 132 cm³/mol. The van der Waals surface area contributed by atoms with E-state index < -0.39 is 29.8 Å². The van der Waals surface area contributed by atoms with E-state index in [0.29, 0.717) is 38.4 Å². The van der Waals surface area contributed by atoms with Crippen LogP contribution < -0.4 is 9.64 Å². The van der Waals surface area contributed by atoms with Crippen molar-refractivity contribution in [3.63, 3.8) is 0 Å². The zero-order chi connectivity index (χ0) is 27.0. The predicted octanol–water partition coefficient (Wildman–Crippen LogP) is 3.46. The molecule has 0 amide bonds. The highest BCUT2D eigenvalue weighted by Gasteiger charge is 2.31. The van der Waals surface area contributed by atoms with Crippen LogP contribution in [0.4, 0.5) is 18.9 Å². The van der Waals surface area contributed by atoms with Crippen LogP contribution in [0.15, 0.2) is 47.4 Å². The fraction of sp³-hybridized carbons (Fsp3) is 0.440. The standard InChI is InChI=1S/C23H27F3N2O2S.C2H2O4/c24-23(25,26)18-4-1-5-19(14-18)28-10-8-27(9-11-28)15-20(29)16-30-21-6-7-22-17(13-21)3-2-12-31-22;3-1(4)2(5)6/h1,4-7,13-14,20,29H,2-3,8-12,15-16H2;(H,3,4)(H,5,6). The summed E-state index contributed by atoms with van der Waals surface area (Å²) in [5, 5.41) is 25.2. The summed E-state index contributed by atoms with van der Waals surface area (Å²) in [6.45, 7) is 3.32. The first kappa shape index (κ1) is 28.6. The number of ether oxygens (including phenoxy) is 1. The SMILES string of the molecule is O=C(O)C(=O)O.OC(COc1ccc2c(c1)CCCS2)CN1CCN(c2cccc(C(F)(F)F)c2)CC1. The highest BCUT2D eigenvalue weighted by atomic mass is 32.2. The fourth-order valence-electron chi connectivity index (χ4n) is 4.04. The Morgan fingerprint density at radius 3 is 2.38 bits per heavy atom. The van der Waals surface area contributed by atoms with Crippen LogP contribution in [0.3, 0.4) is 0 Å². The molecule has 2 heterocycles. The Labute approximate surface area is 216 Å². The van der Waals surface area contributed by atoms with Gasteiger partial charge in [-0.3, -0.25) is 4.90 Å². The molecule has 2 aromatic carbocycles. The summed E-state index contributed by atoms with van der Waals surface area (Å²) in [6.07, 6.45) is -2.71. The summed E-state index contributed by atoms with van der Waals surface area (Å²) in [6, 6.07) is 11.6. The van der Waals surface area contributed by atoms with Crippen LogP contribution in [0.25, 0.3) is 0 Å². The van der Waals surface area contributed by atoms with E-state index in [4.69, 9.17) is 24.5 Å². The minimum Gasteiger partial charge on any atom is -0.491 e. The van der Waals surface area contributed by atoms with Gasteiger partial charge >= 0.3 is 18.1 Å². The zero-order valence-electron chi connectivity index (χ0n) is 20.0. The summed E-state index contributed by atoms with van der Waals surface area (Å²) < 4.78 is 44.7. The summed E-state index contributed by atoms with van der Waals surface area (Å²) >= 11 is 1.87. The molecule has 37 heavy (non-hydrogen) atoms. The van der Waals surface area contributed by atoms with Crippen molar-refractivity contribution in [2.75, 3.05) is 50.0 Å². The fourth-order valence-corrected chi connectivity index (χ4v) is 5.06. The van der Waals surface area contributed by atoms with Crippen molar-refractivity contribution in [1.82, 2.24) is 4.90 Å². The number of aliphatic hydroxyl groups is 1. The number of alkyl halides is 3. The second kappa shape index (κ2) is 13.0. The van der Waals surface area contributed by atoms with E-state index in [1.54, 1.807) is 6.07 Å². The van der Waals surface area contributed by atoms with Crippen LogP contribution in [0.1, 0.15) is 17.5 Å². The van der Waals surface area contributed by atoms with Crippen LogP contribution in [-0.4, -0.2) is 83.3 Å². The van der Waals surface area contributed by atoms with Crippen molar-refractivity contribution in [2.24, 2.45) is 0 Å². The molecule has 0 aromatic heterocycles. The number of aryl methyl sites for hydroxylation is 1. The van der Waals surface area contributed by atoms with Crippen molar-refractivity contribution in [3.05, 3.63) is 53.6 Å². The Morgan fingerprint density at radius 2 is 1.73 bits per heavy atom. The number of anilines is 1. The van der Waals surface area contributed by atoms with Crippen molar-refractivity contribution in [2.45, 2.75) is 30.0 Å². The molecule has 1 fully saturated rings. The van der Waals surface area contributed by atoms with Crippen molar-refractivity contribution in [3.8, 4) is 5.75 Å². The molecule has 12 heteroatoms. The van der Waals surface area contributed by atoms with Crippen LogP contribution in [0.5, 0.6) is 5.75 Å². The number of β-amino-alcohol motifs (C(OH)–C–C–N with tert-alkyl or cyclic N) is 1. The average molecular weight is 543 g/mol. The minimum atomic E-state index is -4.33. The number of carbonyl (C=O) groups is 2. The van der Waals surface area contributed by atoms with E-state index >= 15 is 0 Å². The molecule has 1 saturated heterocycles. The average Bonchev–Trinajstić information content (AvgIpc) is 2.88. The number of hydrogen-bond acceptors (Lipinski definition) is 7. The molecule has 1 unspecified atom stereocenters. The van der Waals surface area contributed by atoms with Gasteiger partial charge in [0.15, 0.2) is 0 Å². The number of halogens is 3. The number of rotatable bonds is 6. The van der Waals surface area contributed by atoms with Crippen LogP contribution in [0, 0.1) is 0 Å². The molecule has 4 rings (SSSR count). The molecule has 0 spiro atoms. The Hall–Kier alpha value is -2.96. The molecular formula is C25H29F3N2O6S. The lowest BCUT2D eigenvalue weighted by atomic mass is 10.1. The lowest BCUT2D eigenvalue weighted by Gasteiger charge is -2.37. The number of fused-ring (bicyclic) bond motifs is 1. The summed E-state index contributed by atoms with van der Waals surface area (Å²) in [5.74, 6) is -1.70. The van der Waals surface area contributed by atoms with Gasteiger partial charge in [-0.2, -0.15) is 13.2 Å². The highest BCUT2D eigenvalue weighted by Crippen LogP contribution is 2.33. The largest absolute Gasteiger partial charge is 0.491 e. The Kier molecular flexibility index (Phi) is 10.1. The molecule has 8 nitrogen and oxygen atoms in total. The lowest BCUT2D eigenvalue weighted by Crippen LogP contribution is -2.49. The molecule has 3 N–H and O–H groups in total. The molecule has 0 saturated carbocycles. The zero-order valence-corrected chi connectivity index (χ0v) is 20.8. The third-order valence-corrected chi connectivity index (χ3v) is 7.09. The summed E-state index contributed by atoms with van der Waals surface area (Å²) in [4.78, 5) is 23.6. The lowest BCUT2D eigenvalue weighted by molar-refractivity contribution is -0.159. The normalized spacial score (nSPS) is 16.7. The molecule has 0 radical (unpaired) electrons. The Morgan fingerprint density at radius 1 is 1.03 bits per heavy atom. The number of carboxylic acids is 2. The van der Waals surface area contributed by atoms with Gasteiger partial charge in [0, 0.05) is 43.3 Å². The van der Waals surface area contributed by atoms with Gasteiger partial charge in [0.1, 0.15) is 18.5 Å². The molecule has 2 aliphatic heterocycles. The highest BCUT2D eigenvalue weighted by molar-refractivity contribution is 7.99. The third-order valence-electron chi connectivity index (χ3n) is 5.89. The monoisotopic (exact) mass is 542 g/mol. The van der Waals surface area contributed by atoms with Gasteiger partial charge in [-0.1, -0.05) is 6.07 Å². The Bertz CT molecular complexity index is 1060. The summed E-state index contributed by atoms with van der Waals surface area (Å²) in [5.41, 5.74) is 1.28. The molecule has 202 valence electrons. The van der Waals surface area contributed by atoms with E-state index in [1.807, 2.05) is 22.7 Å².